The lowest BCUT2D eigenvalue weighted by atomic mass is 9.66. The summed E-state index contributed by atoms with van der Waals surface area (Å²) in [4.78, 5) is 42.5. The van der Waals surface area contributed by atoms with E-state index < -0.39 is 35.1 Å². The number of aryl methyl sites for hydroxylation is 2. The third-order valence-corrected chi connectivity index (χ3v) is 8.49. The topological polar surface area (TPSA) is 108 Å². The highest BCUT2D eigenvalue weighted by Gasteiger charge is 2.78. The quantitative estimate of drug-likeness (QED) is 0.565. The van der Waals surface area contributed by atoms with Crippen molar-refractivity contribution in [3.05, 3.63) is 29.3 Å². The summed E-state index contributed by atoms with van der Waals surface area (Å²) in [5.41, 5.74) is 0.690. The van der Waals surface area contributed by atoms with E-state index in [0.29, 0.717) is 18.5 Å². The summed E-state index contributed by atoms with van der Waals surface area (Å²) in [6.45, 7) is 9.44. The van der Waals surface area contributed by atoms with Gasteiger partial charge >= 0.3 is 0 Å². The molecule has 4 rings (SSSR count). The number of nitrogens with zero attached hydrogens (tertiary/aromatic N) is 1. The Balaban J connectivity index is 1.82. The minimum atomic E-state index is -1.11. The number of likely N-dealkylation sites (tertiary alicyclic amines) is 1. The van der Waals surface area contributed by atoms with Crippen LogP contribution in [-0.2, 0) is 19.1 Å². The number of hydrogen-bond donors (Lipinski definition) is 3. The zero-order valence-corrected chi connectivity index (χ0v) is 21.0. The van der Waals surface area contributed by atoms with Gasteiger partial charge in [0.25, 0.3) is 0 Å². The van der Waals surface area contributed by atoms with Crippen molar-refractivity contribution in [1.82, 2.24) is 10.2 Å². The number of nitrogens with one attached hydrogen (secondary N) is 2. The number of amides is 3. The van der Waals surface area contributed by atoms with Gasteiger partial charge in [-0.25, -0.2) is 0 Å². The molecule has 1 aromatic rings. The molecular weight excluding hydrogens is 434 g/mol. The van der Waals surface area contributed by atoms with E-state index in [9.17, 15) is 19.5 Å². The molecule has 0 radical (unpaired) electrons. The minimum absolute atomic E-state index is 0.0357. The normalized spacial score (nSPS) is 33.6. The number of aliphatic hydroxyl groups is 1. The van der Waals surface area contributed by atoms with Gasteiger partial charge < -0.3 is 25.4 Å². The molecule has 3 aliphatic rings. The van der Waals surface area contributed by atoms with Crippen molar-refractivity contribution in [3.63, 3.8) is 0 Å². The summed E-state index contributed by atoms with van der Waals surface area (Å²) in [5, 5.41) is 16.1. The monoisotopic (exact) mass is 471 g/mol. The zero-order valence-electron chi connectivity index (χ0n) is 21.0. The van der Waals surface area contributed by atoms with Crippen molar-refractivity contribution >= 4 is 23.4 Å². The Labute approximate surface area is 201 Å². The average molecular weight is 472 g/mol. The van der Waals surface area contributed by atoms with E-state index in [-0.39, 0.29) is 30.2 Å². The number of carbonyl (C=O) groups excluding carboxylic acids is 3. The Bertz CT molecular complexity index is 1010. The molecule has 3 aliphatic heterocycles. The summed E-state index contributed by atoms with van der Waals surface area (Å²) in [7, 11) is 1.56. The lowest BCUT2D eigenvalue weighted by Gasteiger charge is -2.39. The summed E-state index contributed by atoms with van der Waals surface area (Å²) in [5.74, 6) is -2.35. The van der Waals surface area contributed by atoms with Crippen LogP contribution in [0, 0.1) is 31.6 Å². The molecule has 8 nitrogen and oxygen atoms in total. The fourth-order valence-electron chi connectivity index (χ4n) is 6.46. The number of ether oxygens (including phenoxy) is 1. The van der Waals surface area contributed by atoms with Gasteiger partial charge in [0.1, 0.15) is 11.6 Å². The van der Waals surface area contributed by atoms with E-state index >= 15 is 0 Å². The second-order valence-electron chi connectivity index (χ2n) is 10.5. The highest BCUT2D eigenvalue weighted by Crippen LogP contribution is 2.63. The molecular formula is C26H37N3O5. The van der Waals surface area contributed by atoms with Crippen LogP contribution in [0.3, 0.4) is 0 Å². The first-order valence-corrected chi connectivity index (χ1v) is 12.3. The minimum Gasteiger partial charge on any atom is -0.394 e. The van der Waals surface area contributed by atoms with Crippen LogP contribution in [0.4, 0.5) is 5.69 Å². The molecule has 2 bridgehead atoms. The molecule has 2 unspecified atom stereocenters. The second-order valence-corrected chi connectivity index (χ2v) is 10.5. The Kier molecular flexibility index (Phi) is 6.27. The van der Waals surface area contributed by atoms with Crippen LogP contribution < -0.4 is 10.6 Å². The summed E-state index contributed by atoms with van der Waals surface area (Å²) < 4.78 is 6.58. The SMILES string of the molecule is CC[C@H](C)[C@H](CO)N1C(=O)[C@@H]2[C@H](C(=O)NC)[C@]3(C)CCC2(O3)C1C(=O)Nc1cc(C)ccc1C. The van der Waals surface area contributed by atoms with Crippen molar-refractivity contribution in [3.8, 4) is 0 Å². The molecule has 8 heteroatoms. The van der Waals surface area contributed by atoms with Crippen LogP contribution in [-0.4, -0.2) is 64.7 Å². The maximum Gasteiger partial charge on any atom is 0.250 e. The first-order valence-electron chi connectivity index (χ1n) is 12.3. The summed E-state index contributed by atoms with van der Waals surface area (Å²) >= 11 is 0. The molecule has 0 aromatic heterocycles. The maximum absolute atomic E-state index is 14.0. The number of rotatable bonds is 7. The van der Waals surface area contributed by atoms with E-state index in [1.165, 1.54) is 0 Å². The fourth-order valence-corrected chi connectivity index (χ4v) is 6.46. The van der Waals surface area contributed by atoms with Gasteiger partial charge in [-0.15, -0.1) is 0 Å². The van der Waals surface area contributed by atoms with E-state index in [2.05, 4.69) is 10.6 Å². The molecule has 1 aromatic carbocycles. The van der Waals surface area contributed by atoms with Crippen molar-refractivity contribution in [2.24, 2.45) is 17.8 Å². The summed E-state index contributed by atoms with van der Waals surface area (Å²) in [6.07, 6.45) is 1.83. The standard InChI is InChI=1S/C26H37N3O5/c1-7-15(3)18(13-30)29-21(23(32)28-17-12-14(2)8-9-16(17)4)26-11-10-25(5,34-26)19(22(31)27-6)20(26)24(29)33/h8-9,12,15,18-21,30H,7,10-11,13H2,1-6H3,(H,27,31)(H,28,32)/t15-,18-,19+,20-,21?,25-,26?/m0/s1. The third kappa shape index (κ3) is 3.45. The Morgan fingerprint density at radius 3 is 2.59 bits per heavy atom. The van der Waals surface area contributed by atoms with Crippen LogP contribution in [0.2, 0.25) is 0 Å². The highest BCUT2D eigenvalue weighted by molar-refractivity contribution is 6.04. The first kappa shape index (κ1) is 24.7. The van der Waals surface area contributed by atoms with Crippen molar-refractivity contribution in [2.45, 2.75) is 77.2 Å². The van der Waals surface area contributed by atoms with Gasteiger partial charge in [0, 0.05) is 12.7 Å². The molecule has 3 saturated heterocycles. The summed E-state index contributed by atoms with van der Waals surface area (Å²) in [6, 6.07) is 4.34. The fraction of sp³-hybridized carbons (Fsp3) is 0.654. The largest absolute Gasteiger partial charge is 0.394 e. The predicted molar refractivity (Wildman–Crippen MR) is 128 cm³/mol. The van der Waals surface area contributed by atoms with Gasteiger partial charge in [0.15, 0.2) is 0 Å². The van der Waals surface area contributed by atoms with Crippen molar-refractivity contribution < 1.29 is 24.2 Å². The predicted octanol–water partition coefficient (Wildman–Crippen LogP) is 2.16. The van der Waals surface area contributed by atoms with Crippen molar-refractivity contribution in [2.75, 3.05) is 19.0 Å². The molecule has 3 heterocycles. The molecule has 0 saturated carbocycles. The number of aliphatic hydroxyl groups excluding tert-OH is 1. The van der Waals surface area contributed by atoms with E-state index in [0.717, 1.165) is 17.5 Å². The second kappa shape index (κ2) is 8.64. The molecule has 3 fully saturated rings. The van der Waals surface area contributed by atoms with Crippen LogP contribution >= 0.6 is 0 Å². The number of benzene rings is 1. The van der Waals surface area contributed by atoms with E-state index in [1.807, 2.05) is 52.8 Å². The van der Waals surface area contributed by atoms with Gasteiger partial charge in [-0.2, -0.15) is 0 Å². The third-order valence-electron chi connectivity index (χ3n) is 8.49. The molecule has 186 valence electrons. The highest BCUT2D eigenvalue weighted by atomic mass is 16.5. The molecule has 3 N–H and O–H groups in total. The van der Waals surface area contributed by atoms with Crippen molar-refractivity contribution in [1.29, 1.82) is 0 Å². The number of carbonyl (C=O) groups is 3. The molecule has 0 aliphatic carbocycles. The van der Waals surface area contributed by atoms with E-state index in [4.69, 9.17) is 4.74 Å². The van der Waals surface area contributed by atoms with Crippen LogP contribution in [0.15, 0.2) is 18.2 Å². The van der Waals surface area contributed by atoms with Gasteiger partial charge in [0.05, 0.1) is 30.1 Å². The van der Waals surface area contributed by atoms with Crippen LogP contribution in [0.25, 0.3) is 0 Å². The van der Waals surface area contributed by atoms with Gasteiger partial charge in [-0.05, 0) is 56.7 Å². The number of fused-ring (bicyclic) bond motifs is 1. The number of hydrogen-bond acceptors (Lipinski definition) is 5. The van der Waals surface area contributed by atoms with Crippen LogP contribution in [0.1, 0.15) is 51.2 Å². The molecule has 34 heavy (non-hydrogen) atoms. The molecule has 1 spiro atoms. The van der Waals surface area contributed by atoms with Gasteiger partial charge in [0.2, 0.25) is 17.7 Å². The Morgan fingerprint density at radius 1 is 1.26 bits per heavy atom. The Morgan fingerprint density at radius 2 is 1.97 bits per heavy atom. The average Bonchev–Trinajstić information content (AvgIpc) is 3.37. The molecule has 7 atom stereocenters. The lowest BCUT2D eigenvalue weighted by Crippen LogP contribution is -2.57. The van der Waals surface area contributed by atoms with Crippen LogP contribution in [0.5, 0.6) is 0 Å². The first-order chi connectivity index (χ1) is 16.0. The van der Waals surface area contributed by atoms with E-state index in [1.54, 1.807) is 11.9 Å². The number of anilines is 1. The maximum atomic E-state index is 14.0. The Hall–Kier alpha value is -2.45. The van der Waals surface area contributed by atoms with Gasteiger partial charge in [-0.3, -0.25) is 14.4 Å². The smallest absolute Gasteiger partial charge is 0.250 e. The molecule has 3 amide bonds. The van der Waals surface area contributed by atoms with Gasteiger partial charge in [-0.1, -0.05) is 32.4 Å². The lowest BCUT2D eigenvalue weighted by molar-refractivity contribution is -0.149. The zero-order chi connectivity index (χ0) is 25.0.